The van der Waals surface area contributed by atoms with Crippen molar-refractivity contribution in [3.05, 3.63) is 59.1 Å². The van der Waals surface area contributed by atoms with Gasteiger partial charge in [-0.3, -0.25) is 14.9 Å². The topological polar surface area (TPSA) is 90.9 Å². The SMILES string of the molecule is O=C(COC(=O)COc1ccc(Cl)cc1)NC(=O)c1ccc(OC(F)F)cc1. The van der Waals surface area contributed by atoms with E-state index >= 15 is 0 Å². The van der Waals surface area contributed by atoms with E-state index < -0.39 is 37.6 Å². The molecule has 0 bridgehead atoms. The number of rotatable bonds is 8. The summed E-state index contributed by atoms with van der Waals surface area (Å²) in [4.78, 5) is 35.1. The van der Waals surface area contributed by atoms with Gasteiger partial charge in [-0.15, -0.1) is 0 Å². The van der Waals surface area contributed by atoms with Crippen molar-refractivity contribution in [2.24, 2.45) is 0 Å². The van der Waals surface area contributed by atoms with E-state index in [0.717, 1.165) is 12.1 Å². The summed E-state index contributed by atoms with van der Waals surface area (Å²) in [5, 5.41) is 2.50. The molecule has 2 aromatic rings. The zero-order valence-corrected chi connectivity index (χ0v) is 14.9. The lowest BCUT2D eigenvalue weighted by atomic mass is 10.2. The maximum atomic E-state index is 12.1. The molecule has 28 heavy (non-hydrogen) atoms. The molecular weight excluding hydrogens is 400 g/mol. The summed E-state index contributed by atoms with van der Waals surface area (Å²) in [6, 6.07) is 11.0. The Labute approximate surface area is 163 Å². The average Bonchev–Trinajstić information content (AvgIpc) is 2.66. The number of carbonyl (C=O) groups excluding carboxylic acids is 3. The van der Waals surface area contributed by atoms with E-state index in [9.17, 15) is 23.2 Å². The van der Waals surface area contributed by atoms with Gasteiger partial charge in [-0.25, -0.2) is 4.79 Å². The molecule has 2 amide bonds. The predicted molar refractivity (Wildman–Crippen MR) is 93.5 cm³/mol. The first-order valence-electron chi connectivity index (χ1n) is 7.76. The third-order valence-electron chi connectivity index (χ3n) is 3.13. The van der Waals surface area contributed by atoms with Crippen molar-refractivity contribution in [1.29, 1.82) is 0 Å². The van der Waals surface area contributed by atoms with Gasteiger partial charge >= 0.3 is 12.6 Å². The lowest BCUT2D eigenvalue weighted by Crippen LogP contribution is -2.34. The minimum Gasteiger partial charge on any atom is -0.482 e. The Morgan fingerprint density at radius 2 is 1.54 bits per heavy atom. The molecule has 148 valence electrons. The molecule has 7 nitrogen and oxygen atoms in total. The first-order valence-corrected chi connectivity index (χ1v) is 8.14. The smallest absolute Gasteiger partial charge is 0.387 e. The van der Waals surface area contributed by atoms with Crippen molar-refractivity contribution < 1.29 is 37.4 Å². The van der Waals surface area contributed by atoms with Crippen LogP contribution in [0, 0.1) is 0 Å². The van der Waals surface area contributed by atoms with Crippen LogP contribution in [0.25, 0.3) is 0 Å². The number of hydrogen-bond acceptors (Lipinski definition) is 6. The zero-order valence-electron chi connectivity index (χ0n) is 14.2. The predicted octanol–water partition coefficient (Wildman–Crippen LogP) is 2.82. The maximum absolute atomic E-state index is 12.1. The summed E-state index contributed by atoms with van der Waals surface area (Å²) in [5.41, 5.74) is 0.0346. The maximum Gasteiger partial charge on any atom is 0.387 e. The molecule has 0 aromatic heterocycles. The molecule has 0 aliphatic rings. The van der Waals surface area contributed by atoms with E-state index in [-0.39, 0.29) is 11.3 Å². The summed E-state index contributed by atoms with van der Waals surface area (Å²) in [6.45, 7) is -4.12. The van der Waals surface area contributed by atoms with Gasteiger partial charge in [-0.05, 0) is 48.5 Å². The average molecular weight is 414 g/mol. The highest BCUT2D eigenvalue weighted by Gasteiger charge is 2.14. The van der Waals surface area contributed by atoms with Gasteiger partial charge in [0.15, 0.2) is 13.2 Å². The van der Waals surface area contributed by atoms with Gasteiger partial charge in [-0.1, -0.05) is 11.6 Å². The first kappa shape index (κ1) is 21.1. The highest BCUT2D eigenvalue weighted by Crippen LogP contribution is 2.16. The first-order chi connectivity index (χ1) is 13.3. The van der Waals surface area contributed by atoms with E-state index in [4.69, 9.17) is 21.1 Å². The standard InChI is InChI=1S/C18H14ClF2NO6/c19-12-3-7-13(8-4-12)26-10-16(24)27-9-15(23)22-17(25)11-1-5-14(6-2-11)28-18(20)21/h1-8,18H,9-10H2,(H,22,23,25). The van der Waals surface area contributed by atoms with E-state index in [1.165, 1.54) is 12.1 Å². The fourth-order valence-electron chi connectivity index (χ4n) is 1.88. The van der Waals surface area contributed by atoms with Gasteiger partial charge < -0.3 is 14.2 Å². The molecule has 0 radical (unpaired) electrons. The van der Waals surface area contributed by atoms with Crippen LogP contribution in [0.4, 0.5) is 8.78 Å². The van der Waals surface area contributed by atoms with Crippen LogP contribution in [-0.2, 0) is 14.3 Å². The molecule has 0 unspecified atom stereocenters. The fourth-order valence-corrected chi connectivity index (χ4v) is 2.01. The summed E-state index contributed by atoms with van der Waals surface area (Å²) in [7, 11) is 0. The van der Waals surface area contributed by atoms with Crippen LogP contribution < -0.4 is 14.8 Å². The molecule has 0 saturated carbocycles. The quantitative estimate of drug-likeness (QED) is 0.669. The van der Waals surface area contributed by atoms with Crippen molar-refractivity contribution in [1.82, 2.24) is 5.32 Å². The molecule has 0 aliphatic carbocycles. The normalized spacial score (nSPS) is 10.3. The number of benzene rings is 2. The number of carbonyl (C=O) groups is 3. The number of ether oxygens (including phenoxy) is 3. The number of hydrogen-bond donors (Lipinski definition) is 1. The Balaban J connectivity index is 1.72. The van der Waals surface area contributed by atoms with Crippen LogP contribution in [0.3, 0.4) is 0 Å². The second kappa shape index (κ2) is 10.2. The highest BCUT2D eigenvalue weighted by atomic mass is 35.5. The van der Waals surface area contributed by atoms with E-state index in [2.05, 4.69) is 4.74 Å². The van der Waals surface area contributed by atoms with Crippen molar-refractivity contribution in [3.63, 3.8) is 0 Å². The molecule has 0 spiro atoms. The molecule has 0 atom stereocenters. The van der Waals surface area contributed by atoms with E-state index in [1.54, 1.807) is 24.3 Å². The van der Waals surface area contributed by atoms with Crippen molar-refractivity contribution >= 4 is 29.4 Å². The lowest BCUT2D eigenvalue weighted by molar-refractivity contribution is -0.150. The Morgan fingerprint density at radius 3 is 2.14 bits per heavy atom. The van der Waals surface area contributed by atoms with Crippen molar-refractivity contribution in [2.45, 2.75) is 6.61 Å². The minimum absolute atomic E-state index is 0.0346. The Bertz CT molecular complexity index is 827. The summed E-state index contributed by atoms with van der Waals surface area (Å²) in [6.07, 6.45) is 0. The molecular formula is C18H14ClF2NO6. The number of halogens is 3. The van der Waals surface area contributed by atoms with Crippen LogP contribution in [0.2, 0.25) is 5.02 Å². The molecule has 10 heteroatoms. The van der Waals surface area contributed by atoms with Gasteiger partial charge in [0.25, 0.3) is 11.8 Å². The van der Waals surface area contributed by atoms with E-state index in [1.807, 2.05) is 5.32 Å². The van der Waals surface area contributed by atoms with Crippen molar-refractivity contribution in [2.75, 3.05) is 13.2 Å². The largest absolute Gasteiger partial charge is 0.482 e. The Kier molecular flexibility index (Phi) is 7.70. The highest BCUT2D eigenvalue weighted by molar-refractivity contribution is 6.30. The number of esters is 1. The molecule has 0 heterocycles. The van der Waals surface area contributed by atoms with E-state index in [0.29, 0.717) is 10.8 Å². The van der Waals surface area contributed by atoms with Gasteiger partial charge in [-0.2, -0.15) is 8.78 Å². The second-order valence-electron chi connectivity index (χ2n) is 5.18. The number of amides is 2. The van der Waals surface area contributed by atoms with Crippen LogP contribution in [-0.4, -0.2) is 37.6 Å². The zero-order chi connectivity index (χ0) is 20.5. The number of imide groups is 1. The van der Waals surface area contributed by atoms with Gasteiger partial charge in [0.05, 0.1) is 0 Å². The molecule has 0 fully saturated rings. The summed E-state index contributed by atoms with van der Waals surface area (Å²) < 4.78 is 38.1. The molecule has 0 saturated heterocycles. The fraction of sp³-hybridized carbons (Fsp3) is 0.167. The van der Waals surface area contributed by atoms with Crippen LogP contribution in [0.1, 0.15) is 10.4 Å². The van der Waals surface area contributed by atoms with Gasteiger partial charge in [0, 0.05) is 10.6 Å². The van der Waals surface area contributed by atoms with Crippen LogP contribution in [0.15, 0.2) is 48.5 Å². The van der Waals surface area contributed by atoms with Crippen LogP contribution in [0.5, 0.6) is 11.5 Å². The number of nitrogens with one attached hydrogen (secondary N) is 1. The minimum atomic E-state index is -2.99. The Morgan fingerprint density at radius 1 is 0.929 bits per heavy atom. The third-order valence-corrected chi connectivity index (χ3v) is 3.38. The lowest BCUT2D eigenvalue weighted by Gasteiger charge is -2.08. The molecule has 1 N–H and O–H groups in total. The van der Waals surface area contributed by atoms with Gasteiger partial charge in [0.2, 0.25) is 0 Å². The summed E-state index contributed by atoms with van der Waals surface area (Å²) in [5.74, 6) is -2.21. The monoisotopic (exact) mass is 413 g/mol. The van der Waals surface area contributed by atoms with Crippen molar-refractivity contribution in [3.8, 4) is 11.5 Å². The Hall–Kier alpha value is -3.20. The third kappa shape index (κ3) is 7.20. The number of alkyl halides is 2. The second-order valence-corrected chi connectivity index (χ2v) is 5.62. The molecule has 2 aromatic carbocycles. The molecule has 0 aliphatic heterocycles. The van der Waals surface area contributed by atoms with Crippen LogP contribution >= 0.6 is 11.6 Å². The molecule has 2 rings (SSSR count). The van der Waals surface area contributed by atoms with Gasteiger partial charge in [0.1, 0.15) is 11.5 Å². The summed E-state index contributed by atoms with van der Waals surface area (Å²) >= 11 is 5.72.